The molecule has 0 bridgehead atoms. The zero-order valence-electron chi connectivity index (χ0n) is 13.9. The first-order valence-electron chi connectivity index (χ1n) is 7.94. The summed E-state index contributed by atoms with van der Waals surface area (Å²) in [5.41, 5.74) is 0.530. The zero-order valence-corrected chi connectivity index (χ0v) is 15.4. The van der Waals surface area contributed by atoms with Crippen LogP contribution in [-0.4, -0.2) is 26.4 Å². The van der Waals surface area contributed by atoms with E-state index in [0.29, 0.717) is 21.5 Å². The highest BCUT2D eigenvalue weighted by molar-refractivity contribution is 6.31. The second kappa shape index (κ2) is 7.82. The zero-order chi connectivity index (χ0) is 19.6. The third-order valence-electron chi connectivity index (χ3n) is 4.01. The number of pyridine rings is 1. The van der Waals surface area contributed by atoms with E-state index in [2.05, 4.69) is 4.98 Å². The maximum absolute atomic E-state index is 12.5. The number of fused-ring (bicyclic) bond motifs is 1. The fourth-order valence-electron chi connectivity index (χ4n) is 2.73. The van der Waals surface area contributed by atoms with Crippen LogP contribution in [0.15, 0.2) is 53.3 Å². The number of aromatic nitrogens is 1. The van der Waals surface area contributed by atoms with Crippen molar-refractivity contribution in [3.63, 3.8) is 0 Å². The monoisotopic (exact) mass is 404 g/mol. The Balaban J connectivity index is 1.92. The number of benzene rings is 2. The number of H-pyrrole nitrogens is 1. The number of carboxylic acids is 1. The Morgan fingerprint density at radius 2 is 1.81 bits per heavy atom. The second-order valence-corrected chi connectivity index (χ2v) is 6.77. The lowest BCUT2D eigenvalue weighted by atomic mass is 10.0. The summed E-state index contributed by atoms with van der Waals surface area (Å²) in [6.45, 7) is 0.222. The summed E-state index contributed by atoms with van der Waals surface area (Å²) in [7, 11) is 0. The van der Waals surface area contributed by atoms with Gasteiger partial charge in [-0.05, 0) is 29.3 Å². The minimum atomic E-state index is -1.34. The molecule has 0 aliphatic heterocycles. The minimum Gasteiger partial charge on any atom is -0.477 e. The van der Waals surface area contributed by atoms with Crippen molar-refractivity contribution >= 4 is 46.2 Å². The predicted molar refractivity (Wildman–Crippen MR) is 103 cm³/mol. The lowest BCUT2D eigenvalue weighted by Crippen LogP contribution is -2.23. The number of halogens is 2. The average molecular weight is 405 g/mol. The molecule has 3 aromatic rings. The molecule has 27 heavy (non-hydrogen) atoms. The molecule has 0 fully saturated rings. The van der Waals surface area contributed by atoms with E-state index in [1.807, 2.05) is 30.3 Å². The van der Waals surface area contributed by atoms with Crippen LogP contribution in [0.1, 0.15) is 21.5 Å². The highest BCUT2D eigenvalue weighted by atomic mass is 35.5. The van der Waals surface area contributed by atoms with Crippen molar-refractivity contribution in [3.8, 4) is 0 Å². The van der Waals surface area contributed by atoms with Crippen molar-refractivity contribution in [3.05, 3.63) is 80.6 Å². The predicted octanol–water partition coefficient (Wildman–Crippen LogP) is 3.60. The molecule has 138 valence electrons. The van der Waals surface area contributed by atoms with Crippen LogP contribution in [0.5, 0.6) is 0 Å². The molecule has 1 heterocycles. The van der Waals surface area contributed by atoms with Crippen LogP contribution in [0, 0.1) is 0 Å². The third kappa shape index (κ3) is 4.30. The van der Waals surface area contributed by atoms with E-state index in [4.69, 9.17) is 28.5 Å². The Labute approximate surface area is 164 Å². The average Bonchev–Trinajstić information content (AvgIpc) is 2.62. The quantitative estimate of drug-likeness (QED) is 0.635. The molecule has 2 aromatic carbocycles. The van der Waals surface area contributed by atoms with Gasteiger partial charge in [-0.15, -0.1) is 0 Å². The number of hydrogen-bond donors (Lipinski definition) is 2. The molecule has 0 aliphatic carbocycles. The molecule has 0 unspecified atom stereocenters. The molecule has 1 aromatic heterocycles. The molecule has 3 rings (SSSR count). The van der Waals surface area contributed by atoms with Gasteiger partial charge in [0.2, 0.25) is 5.91 Å². The maximum Gasteiger partial charge on any atom is 0.341 e. The van der Waals surface area contributed by atoms with Gasteiger partial charge in [0.05, 0.1) is 18.5 Å². The summed E-state index contributed by atoms with van der Waals surface area (Å²) in [6, 6.07) is 13.6. The van der Waals surface area contributed by atoms with Crippen LogP contribution in [0.2, 0.25) is 5.02 Å². The number of carboxylic acid groups (broad SMARTS) is 1. The fourth-order valence-corrected chi connectivity index (χ4v) is 3.18. The molecule has 0 radical (unpaired) electrons. The summed E-state index contributed by atoms with van der Waals surface area (Å²) in [5.74, 6) is -1.72. The van der Waals surface area contributed by atoms with Gasteiger partial charge in [-0.2, -0.15) is 0 Å². The van der Waals surface area contributed by atoms with Crippen LogP contribution in [0.3, 0.4) is 0 Å². The molecule has 6 nitrogen and oxygen atoms in total. The maximum atomic E-state index is 12.5. The molecular weight excluding hydrogens is 391 g/mol. The smallest absolute Gasteiger partial charge is 0.341 e. The standard InChI is InChI=1S/C19H14Cl2N2O4/c20-14-6-12-8-15(19(26)27)18(25)22-17(12)13(7-14)9-16(24)23(21)10-11-4-2-1-3-5-11/h1-8H,9-10H2,(H,22,25)(H,26,27). The van der Waals surface area contributed by atoms with Crippen LogP contribution in [0.25, 0.3) is 10.9 Å². The van der Waals surface area contributed by atoms with Gasteiger partial charge in [-0.25, -0.2) is 9.21 Å². The minimum absolute atomic E-state index is 0.101. The molecular formula is C19H14Cl2N2O4. The normalized spacial score (nSPS) is 10.7. The van der Waals surface area contributed by atoms with Gasteiger partial charge in [0.1, 0.15) is 5.56 Å². The van der Waals surface area contributed by atoms with E-state index in [1.54, 1.807) is 6.07 Å². The number of nitrogens with one attached hydrogen (secondary N) is 1. The first-order valence-corrected chi connectivity index (χ1v) is 8.65. The number of aromatic amines is 1. The number of amides is 1. The van der Waals surface area contributed by atoms with Gasteiger partial charge in [0.15, 0.2) is 0 Å². The van der Waals surface area contributed by atoms with Gasteiger partial charge in [0, 0.05) is 22.2 Å². The topological polar surface area (TPSA) is 90.5 Å². The van der Waals surface area contributed by atoms with Gasteiger partial charge in [-0.1, -0.05) is 41.9 Å². The van der Waals surface area contributed by atoms with Crippen molar-refractivity contribution in [2.75, 3.05) is 0 Å². The molecule has 0 saturated carbocycles. The number of aromatic carboxylic acids is 1. The molecule has 2 N–H and O–H groups in total. The third-order valence-corrected chi connectivity index (χ3v) is 4.53. The fraction of sp³-hybridized carbons (Fsp3) is 0.105. The summed E-state index contributed by atoms with van der Waals surface area (Å²) in [6.07, 6.45) is -0.101. The number of nitrogens with zero attached hydrogens (tertiary/aromatic N) is 1. The van der Waals surface area contributed by atoms with Crippen LogP contribution >= 0.6 is 23.4 Å². The van der Waals surface area contributed by atoms with E-state index in [0.717, 1.165) is 9.98 Å². The molecule has 0 saturated heterocycles. The van der Waals surface area contributed by atoms with Crippen molar-refractivity contribution < 1.29 is 14.7 Å². The molecule has 8 heteroatoms. The molecule has 0 atom stereocenters. The van der Waals surface area contributed by atoms with Crippen LogP contribution < -0.4 is 5.56 Å². The van der Waals surface area contributed by atoms with Crippen molar-refractivity contribution in [1.82, 2.24) is 9.40 Å². The highest BCUT2D eigenvalue weighted by Crippen LogP contribution is 2.24. The van der Waals surface area contributed by atoms with E-state index in [1.165, 1.54) is 12.1 Å². The lowest BCUT2D eigenvalue weighted by molar-refractivity contribution is -0.126. The summed E-state index contributed by atoms with van der Waals surface area (Å²) in [4.78, 5) is 38.1. The van der Waals surface area contributed by atoms with Crippen molar-refractivity contribution in [1.29, 1.82) is 0 Å². The highest BCUT2D eigenvalue weighted by Gasteiger charge is 2.17. The number of rotatable bonds is 5. The van der Waals surface area contributed by atoms with Gasteiger partial charge >= 0.3 is 5.97 Å². The van der Waals surface area contributed by atoms with Gasteiger partial charge < -0.3 is 10.1 Å². The Hall–Kier alpha value is -2.83. The van der Waals surface area contributed by atoms with Gasteiger partial charge in [0.25, 0.3) is 5.56 Å². The van der Waals surface area contributed by atoms with E-state index in [9.17, 15) is 14.4 Å². The summed E-state index contributed by atoms with van der Waals surface area (Å²) >= 11 is 12.2. The Bertz CT molecular complexity index is 1080. The Morgan fingerprint density at radius 3 is 2.48 bits per heavy atom. The SMILES string of the molecule is O=C(O)c1cc2cc(Cl)cc(CC(=O)N(Cl)Cc3ccccc3)c2[nH]c1=O. The van der Waals surface area contributed by atoms with E-state index < -0.39 is 17.1 Å². The molecule has 0 spiro atoms. The van der Waals surface area contributed by atoms with Crippen molar-refractivity contribution in [2.24, 2.45) is 0 Å². The largest absolute Gasteiger partial charge is 0.477 e. The first-order chi connectivity index (χ1) is 12.8. The van der Waals surface area contributed by atoms with E-state index in [-0.39, 0.29) is 18.9 Å². The number of hydrogen-bond acceptors (Lipinski definition) is 3. The van der Waals surface area contributed by atoms with Gasteiger partial charge in [-0.3, -0.25) is 9.59 Å². The Kier molecular flexibility index (Phi) is 5.48. The first kappa shape index (κ1) is 18.9. The molecule has 0 aliphatic rings. The summed E-state index contributed by atoms with van der Waals surface area (Å²) in [5, 5.41) is 9.83. The van der Waals surface area contributed by atoms with Crippen molar-refractivity contribution in [2.45, 2.75) is 13.0 Å². The number of carbonyl (C=O) groups excluding carboxylic acids is 1. The van der Waals surface area contributed by atoms with E-state index >= 15 is 0 Å². The van der Waals surface area contributed by atoms with Crippen LogP contribution in [0.4, 0.5) is 0 Å². The molecule has 1 amide bonds. The second-order valence-electron chi connectivity index (χ2n) is 5.92. The Morgan fingerprint density at radius 1 is 1.11 bits per heavy atom. The lowest BCUT2D eigenvalue weighted by Gasteiger charge is -2.15. The summed E-state index contributed by atoms with van der Waals surface area (Å²) < 4.78 is 1.06. The number of carbonyl (C=O) groups is 2. The van der Waals surface area contributed by atoms with Crippen LogP contribution in [-0.2, 0) is 17.8 Å².